The highest BCUT2D eigenvalue weighted by atomic mass is 14.0. The Morgan fingerprint density at radius 1 is 0.382 bits per heavy atom. The van der Waals surface area contributed by atoms with Crippen LogP contribution in [0.25, 0.3) is 0 Å². The molecule has 3 aromatic carbocycles. The molecule has 174 valence electrons. The SMILES string of the molecule is CCCCCCCCc1ccc(C#Cc2ccc(C#Cc3ccc(CCCC)cc3)cc2)cc1. The van der Waals surface area contributed by atoms with Crippen molar-refractivity contribution in [3.05, 3.63) is 106 Å². The molecule has 0 amide bonds. The maximum absolute atomic E-state index is 3.29. The molecular weight excluding hydrogens is 408 g/mol. The Kier molecular flexibility index (Phi) is 11.1. The first-order chi connectivity index (χ1) is 16.8. The fourth-order valence-electron chi connectivity index (χ4n) is 3.93. The molecule has 0 heteroatoms. The number of aryl methyl sites for hydroxylation is 2. The van der Waals surface area contributed by atoms with Crippen LogP contribution in [0.2, 0.25) is 0 Å². The standard InChI is InChI=1S/C34H38/c1-3-5-7-8-9-10-12-30-15-19-32(20-16-30)22-24-34-27-25-33(26-28-34)23-21-31-17-13-29(14-18-31)11-6-4-2/h13-20,25-28H,3-12H2,1-2H3. The molecule has 0 bridgehead atoms. The van der Waals surface area contributed by atoms with Crippen molar-refractivity contribution in [1.29, 1.82) is 0 Å². The van der Waals surface area contributed by atoms with Crippen LogP contribution in [0.5, 0.6) is 0 Å². The van der Waals surface area contributed by atoms with Crippen LogP contribution in [0.1, 0.15) is 98.6 Å². The van der Waals surface area contributed by atoms with Crippen molar-refractivity contribution >= 4 is 0 Å². The van der Waals surface area contributed by atoms with E-state index in [0.29, 0.717) is 0 Å². The number of rotatable bonds is 10. The van der Waals surface area contributed by atoms with Gasteiger partial charge in [0.05, 0.1) is 0 Å². The number of hydrogen-bond donors (Lipinski definition) is 0. The van der Waals surface area contributed by atoms with Gasteiger partial charge in [-0.05, 0) is 85.3 Å². The highest BCUT2D eigenvalue weighted by Crippen LogP contribution is 2.12. The molecule has 34 heavy (non-hydrogen) atoms. The van der Waals surface area contributed by atoms with E-state index in [1.54, 1.807) is 0 Å². The van der Waals surface area contributed by atoms with Gasteiger partial charge in [0.25, 0.3) is 0 Å². The lowest BCUT2D eigenvalue weighted by atomic mass is 10.0. The van der Waals surface area contributed by atoms with E-state index in [-0.39, 0.29) is 0 Å². The molecule has 0 radical (unpaired) electrons. The zero-order valence-corrected chi connectivity index (χ0v) is 21.0. The molecule has 3 aromatic rings. The van der Waals surface area contributed by atoms with Crippen molar-refractivity contribution in [3.63, 3.8) is 0 Å². The fraction of sp³-hybridized carbons (Fsp3) is 0.353. The second kappa shape index (κ2) is 14.8. The lowest BCUT2D eigenvalue weighted by Crippen LogP contribution is -1.87. The number of unbranched alkanes of at least 4 members (excludes halogenated alkanes) is 6. The van der Waals surface area contributed by atoms with Crippen molar-refractivity contribution in [2.45, 2.75) is 78.1 Å². The average Bonchev–Trinajstić information content (AvgIpc) is 2.89. The molecule has 0 aliphatic heterocycles. The maximum atomic E-state index is 3.29. The molecule has 3 rings (SSSR count). The predicted molar refractivity (Wildman–Crippen MR) is 147 cm³/mol. The second-order valence-corrected chi connectivity index (χ2v) is 9.09. The van der Waals surface area contributed by atoms with E-state index >= 15 is 0 Å². The molecule has 0 nitrogen and oxygen atoms in total. The zero-order chi connectivity index (χ0) is 23.8. The van der Waals surface area contributed by atoms with E-state index in [2.05, 4.69) is 110 Å². The van der Waals surface area contributed by atoms with Crippen LogP contribution in [-0.4, -0.2) is 0 Å². The summed E-state index contributed by atoms with van der Waals surface area (Å²) in [5, 5.41) is 0. The van der Waals surface area contributed by atoms with Crippen molar-refractivity contribution in [3.8, 4) is 23.7 Å². The Labute approximate surface area is 207 Å². The van der Waals surface area contributed by atoms with Crippen molar-refractivity contribution < 1.29 is 0 Å². The van der Waals surface area contributed by atoms with Gasteiger partial charge in [-0.3, -0.25) is 0 Å². The maximum Gasteiger partial charge on any atom is 0.0249 e. The van der Waals surface area contributed by atoms with E-state index in [9.17, 15) is 0 Å². The summed E-state index contributed by atoms with van der Waals surface area (Å²) in [6, 6.07) is 25.6. The minimum atomic E-state index is 1.01. The predicted octanol–water partition coefficient (Wildman–Crippen LogP) is 8.73. The summed E-state index contributed by atoms with van der Waals surface area (Å²) >= 11 is 0. The summed E-state index contributed by atoms with van der Waals surface area (Å²) in [4.78, 5) is 0. The quantitative estimate of drug-likeness (QED) is 0.216. The summed E-state index contributed by atoms with van der Waals surface area (Å²) in [6.45, 7) is 4.50. The highest BCUT2D eigenvalue weighted by Gasteiger charge is 1.96. The van der Waals surface area contributed by atoms with Gasteiger partial charge in [0.2, 0.25) is 0 Å². The van der Waals surface area contributed by atoms with Crippen LogP contribution in [0.4, 0.5) is 0 Å². The first-order valence-corrected chi connectivity index (χ1v) is 13.1. The van der Waals surface area contributed by atoms with Crippen LogP contribution in [0.15, 0.2) is 72.8 Å². The minimum absolute atomic E-state index is 1.01. The lowest BCUT2D eigenvalue weighted by molar-refractivity contribution is 0.607. The van der Waals surface area contributed by atoms with Gasteiger partial charge in [-0.1, -0.05) is 100 Å². The molecule has 0 unspecified atom stereocenters. The molecule has 0 fully saturated rings. The normalized spacial score (nSPS) is 10.2. The Morgan fingerprint density at radius 3 is 1.12 bits per heavy atom. The molecule has 0 aliphatic rings. The van der Waals surface area contributed by atoms with Gasteiger partial charge in [-0.25, -0.2) is 0 Å². The Balaban J connectivity index is 1.49. The molecule has 0 aromatic heterocycles. The van der Waals surface area contributed by atoms with Gasteiger partial charge in [0.1, 0.15) is 0 Å². The van der Waals surface area contributed by atoms with E-state index in [1.165, 1.54) is 68.9 Å². The van der Waals surface area contributed by atoms with Crippen molar-refractivity contribution in [2.75, 3.05) is 0 Å². The highest BCUT2D eigenvalue weighted by molar-refractivity contribution is 5.48. The fourth-order valence-corrected chi connectivity index (χ4v) is 3.93. The Morgan fingerprint density at radius 2 is 0.706 bits per heavy atom. The van der Waals surface area contributed by atoms with Crippen LogP contribution in [0, 0.1) is 23.7 Å². The third-order valence-corrected chi connectivity index (χ3v) is 6.13. The van der Waals surface area contributed by atoms with Gasteiger partial charge in [0.15, 0.2) is 0 Å². The summed E-state index contributed by atoms with van der Waals surface area (Å²) < 4.78 is 0. The van der Waals surface area contributed by atoms with Crippen molar-refractivity contribution in [1.82, 2.24) is 0 Å². The van der Waals surface area contributed by atoms with Gasteiger partial charge in [0, 0.05) is 22.3 Å². The third-order valence-electron chi connectivity index (χ3n) is 6.13. The molecule has 0 spiro atoms. The van der Waals surface area contributed by atoms with Gasteiger partial charge in [-0.15, -0.1) is 0 Å². The van der Waals surface area contributed by atoms with Crippen molar-refractivity contribution in [2.24, 2.45) is 0 Å². The topological polar surface area (TPSA) is 0 Å². The molecule has 0 saturated carbocycles. The van der Waals surface area contributed by atoms with E-state index < -0.39 is 0 Å². The number of benzene rings is 3. The summed E-state index contributed by atoms with van der Waals surface area (Å²) in [6.07, 6.45) is 12.9. The van der Waals surface area contributed by atoms with Gasteiger partial charge >= 0.3 is 0 Å². The summed E-state index contributed by atoms with van der Waals surface area (Å²) in [5.74, 6) is 13.1. The third kappa shape index (κ3) is 9.33. The largest absolute Gasteiger partial charge is 0.0654 e. The first-order valence-electron chi connectivity index (χ1n) is 13.1. The average molecular weight is 447 g/mol. The van der Waals surface area contributed by atoms with Crippen LogP contribution < -0.4 is 0 Å². The lowest BCUT2D eigenvalue weighted by Gasteiger charge is -2.02. The van der Waals surface area contributed by atoms with Gasteiger partial charge in [-0.2, -0.15) is 0 Å². The van der Waals surface area contributed by atoms with Gasteiger partial charge < -0.3 is 0 Å². The molecule has 0 N–H and O–H groups in total. The van der Waals surface area contributed by atoms with Crippen LogP contribution >= 0.6 is 0 Å². The summed E-state index contributed by atoms with van der Waals surface area (Å²) in [5.41, 5.74) is 6.96. The van der Waals surface area contributed by atoms with E-state index in [4.69, 9.17) is 0 Å². The second-order valence-electron chi connectivity index (χ2n) is 9.09. The molecular formula is C34H38. The molecule has 0 heterocycles. The molecule has 0 atom stereocenters. The Hall–Kier alpha value is -3.22. The smallest absolute Gasteiger partial charge is 0.0249 e. The Bertz CT molecular complexity index is 1090. The van der Waals surface area contributed by atoms with E-state index in [0.717, 1.165) is 28.7 Å². The van der Waals surface area contributed by atoms with Crippen LogP contribution in [0.3, 0.4) is 0 Å². The first kappa shape index (κ1) is 25.4. The monoisotopic (exact) mass is 446 g/mol. The number of hydrogen-bond acceptors (Lipinski definition) is 0. The molecule has 0 aliphatic carbocycles. The zero-order valence-electron chi connectivity index (χ0n) is 21.0. The molecule has 0 saturated heterocycles. The van der Waals surface area contributed by atoms with Crippen LogP contribution in [-0.2, 0) is 12.8 Å². The van der Waals surface area contributed by atoms with E-state index in [1.807, 2.05) is 0 Å². The minimum Gasteiger partial charge on any atom is -0.0654 e. The summed E-state index contributed by atoms with van der Waals surface area (Å²) in [7, 11) is 0.